The molecule has 0 radical (unpaired) electrons. The molecule has 0 unspecified atom stereocenters. The van der Waals surface area contributed by atoms with Crippen molar-refractivity contribution in [2.24, 2.45) is 0 Å². The molecule has 2 rings (SSSR count). The molecule has 2 amide bonds. The minimum absolute atomic E-state index is 0.0361. The third-order valence-corrected chi connectivity index (χ3v) is 5.75. The highest BCUT2D eigenvalue weighted by atomic mass is 16.2. The largest absolute Gasteiger partial charge is 0.372 e. The first-order valence-corrected chi connectivity index (χ1v) is 11.0. The van der Waals surface area contributed by atoms with E-state index in [9.17, 15) is 9.59 Å². The molecule has 0 saturated carbocycles. The highest BCUT2D eigenvalue weighted by molar-refractivity contribution is 5.92. The summed E-state index contributed by atoms with van der Waals surface area (Å²) in [4.78, 5) is 28.5. The van der Waals surface area contributed by atoms with E-state index in [0.29, 0.717) is 19.5 Å². The summed E-state index contributed by atoms with van der Waals surface area (Å²) >= 11 is 0. The Labute approximate surface area is 176 Å². The molecule has 1 aromatic rings. The lowest BCUT2D eigenvalue weighted by molar-refractivity contribution is -0.129. The SMILES string of the molecule is CCN(CC)c1ccc(NC(=O)CCN(CCC2=CCCCC2)C(C)=O)c(C)c1. The molecule has 5 heteroatoms. The van der Waals surface area contributed by atoms with E-state index in [-0.39, 0.29) is 11.8 Å². The predicted octanol–water partition coefficient (Wildman–Crippen LogP) is 4.91. The number of hydrogen-bond acceptors (Lipinski definition) is 3. The van der Waals surface area contributed by atoms with Crippen molar-refractivity contribution < 1.29 is 9.59 Å². The van der Waals surface area contributed by atoms with Gasteiger partial charge in [-0.15, -0.1) is 0 Å². The van der Waals surface area contributed by atoms with Crippen molar-refractivity contribution >= 4 is 23.2 Å². The molecular formula is C24H37N3O2. The summed E-state index contributed by atoms with van der Waals surface area (Å²) < 4.78 is 0. The lowest BCUT2D eigenvalue weighted by Gasteiger charge is -2.23. The van der Waals surface area contributed by atoms with Crippen LogP contribution in [0.5, 0.6) is 0 Å². The summed E-state index contributed by atoms with van der Waals surface area (Å²) in [5, 5.41) is 3.01. The second-order valence-electron chi connectivity index (χ2n) is 7.83. The Morgan fingerprint density at radius 3 is 2.45 bits per heavy atom. The van der Waals surface area contributed by atoms with Crippen LogP contribution in [0.1, 0.15) is 64.9 Å². The standard InChI is InChI=1S/C24H37N3O2/c1-5-26(6-2)22-12-13-23(19(3)18-22)25-24(29)15-17-27(20(4)28)16-14-21-10-8-7-9-11-21/h10,12-13,18H,5-9,11,14-17H2,1-4H3,(H,25,29). The van der Waals surface area contributed by atoms with Crippen LogP contribution in [-0.4, -0.2) is 42.9 Å². The first-order chi connectivity index (χ1) is 13.9. The molecule has 5 nitrogen and oxygen atoms in total. The molecule has 1 aromatic carbocycles. The number of nitrogens with one attached hydrogen (secondary N) is 1. The van der Waals surface area contributed by atoms with Gasteiger partial charge < -0.3 is 15.1 Å². The van der Waals surface area contributed by atoms with Crippen LogP contribution >= 0.6 is 0 Å². The van der Waals surface area contributed by atoms with Crippen LogP contribution < -0.4 is 10.2 Å². The van der Waals surface area contributed by atoms with Crippen molar-refractivity contribution in [3.05, 3.63) is 35.4 Å². The Hall–Kier alpha value is -2.30. The third-order valence-electron chi connectivity index (χ3n) is 5.75. The van der Waals surface area contributed by atoms with Gasteiger partial charge in [0.15, 0.2) is 0 Å². The van der Waals surface area contributed by atoms with Crippen molar-refractivity contribution in [3.8, 4) is 0 Å². The lowest BCUT2D eigenvalue weighted by atomic mass is 9.97. The molecule has 0 atom stereocenters. The fraction of sp³-hybridized carbons (Fsp3) is 0.583. The zero-order valence-electron chi connectivity index (χ0n) is 18.6. The average molecular weight is 400 g/mol. The second-order valence-corrected chi connectivity index (χ2v) is 7.83. The van der Waals surface area contributed by atoms with E-state index in [1.54, 1.807) is 11.8 Å². The number of hydrogen-bond donors (Lipinski definition) is 1. The number of allylic oxidation sites excluding steroid dienone is 1. The minimum Gasteiger partial charge on any atom is -0.372 e. The molecule has 1 aliphatic rings. The van der Waals surface area contributed by atoms with Crippen LogP contribution in [0.15, 0.2) is 29.8 Å². The molecule has 0 bridgehead atoms. The Morgan fingerprint density at radius 1 is 1.10 bits per heavy atom. The van der Waals surface area contributed by atoms with Gasteiger partial charge in [0.1, 0.15) is 0 Å². The number of nitrogens with zero attached hydrogens (tertiary/aromatic N) is 2. The number of aryl methyl sites for hydroxylation is 1. The summed E-state index contributed by atoms with van der Waals surface area (Å²) in [5.74, 6) is -0.0132. The van der Waals surface area contributed by atoms with Crippen molar-refractivity contribution in [3.63, 3.8) is 0 Å². The van der Waals surface area contributed by atoms with E-state index < -0.39 is 0 Å². The fourth-order valence-corrected chi connectivity index (χ4v) is 3.86. The quantitative estimate of drug-likeness (QED) is 0.569. The maximum Gasteiger partial charge on any atom is 0.226 e. The Kier molecular flexibility index (Phi) is 9.23. The van der Waals surface area contributed by atoms with Crippen LogP contribution in [0, 0.1) is 6.92 Å². The second kappa shape index (κ2) is 11.6. The van der Waals surface area contributed by atoms with E-state index in [4.69, 9.17) is 0 Å². The molecule has 160 valence electrons. The zero-order valence-corrected chi connectivity index (χ0v) is 18.6. The summed E-state index contributed by atoms with van der Waals surface area (Å²) in [6.45, 7) is 11.0. The van der Waals surface area contributed by atoms with Crippen LogP contribution in [0.3, 0.4) is 0 Å². The van der Waals surface area contributed by atoms with Crippen molar-refractivity contribution in [1.29, 1.82) is 0 Å². The van der Waals surface area contributed by atoms with E-state index in [1.165, 1.54) is 24.1 Å². The van der Waals surface area contributed by atoms with Crippen molar-refractivity contribution in [2.45, 2.75) is 66.2 Å². The number of amides is 2. The molecule has 0 aliphatic heterocycles. The van der Waals surface area contributed by atoms with Crippen LogP contribution in [0.25, 0.3) is 0 Å². The maximum atomic E-state index is 12.5. The molecule has 0 aromatic heterocycles. The van der Waals surface area contributed by atoms with Gasteiger partial charge in [0, 0.05) is 50.9 Å². The fourth-order valence-electron chi connectivity index (χ4n) is 3.86. The van der Waals surface area contributed by atoms with Crippen LogP contribution in [0.4, 0.5) is 11.4 Å². The summed E-state index contributed by atoms with van der Waals surface area (Å²) in [5.41, 5.74) is 4.52. The Bertz CT molecular complexity index is 723. The van der Waals surface area contributed by atoms with Gasteiger partial charge >= 0.3 is 0 Å². The normalized spacial score (nSPS) is 13.6. The molecule has 1 N–H and O–H groups in total. The lowest BCUT2D eigenvalue weighted by Crippen LogP contribution is -2.33. The van der Waals surface area contributed by atoms with E-state index in [1.807, 2.05) is 13.0 Å². The maximum absolute atomic E-state index is 12.5. The smallest absolute Gasteiger partial charge is 0.226 e. The topological polar surface area (TPSA) is 52.7 Å². The molecule has 1 aliphatic carbocycles. The number of rotatable bonds is 10. The highest BCUT2D eigenvalue weighted by Gasteiger charge is 2.14. The molecule has 0 spiro atoms. The predicted molar refractivity (Wildman–Crippen MR) is 121 cm³/mol. The van der Waals surface area contributed by atoms with Gasteiger partial charge in [-0.3, -0.25) is 9.59 Å². The van der Waals surface area contributed by atoms with Crippen LogP contribution in [0.2, 0.25) is 0 Å². The van der Waals surface area contributed by atoms with E-state index >= 15 is 0 Å². The van der Waals surface area contributed by atoms with Gasteiger partial charge in [0.05, 0.1) is 0 Å². The minimum atomic E-state index is -0.0492. The highest BCUT2D eigenvalue weighted by Crippen LogP contribution is 2.23. The van der Waals surface area contributed by atoms with Gasteiger partial charge in [-0.25, -0.2) is 0 Å². The first-order valence-electron chi connectivity index (χ1n) is 11.0. The number of anilines is 2. The molecule has 0 saturated heterocycles. The summed E-state index contributed by atoms with van der Waals surface area (Å²) in [6, 6.07) is 6.14. The average Bonchev–Trinajstić information content (AvgIpc) is 2.71. The summed E-state index contributed by atoms with van der Waals surface area (Å²) in [7, 11) is 0. The number of benzene rings is 1. The van der Waals surface area contributed by atoms with E-state index in [2.05, 4.69) is 42.3 Å². The Balaban J connectivity index is 1.86. The molecular weight excluding hydrogens is 362 g/mol. The van der Waals surface area contributed by atoms with Gasteiger partial charge in [-0.1, -0.05) is 11.6 Å². The van der Waals surface area contributed by atoms with Crippen molar-refractivity contribution in [1.82, 2.24) is 4.90 Å². The van der Waals surface area contributed by atoms with Gasteiger partial charge in [-0.2, -0.15) is 0 Å². The first kappa shape index (κ1) is 23.0. The van der Waals surface area contributed by atoms with Crippen LogP contribution in [-0.2, 0) is 9.59 Å². The van der Waals surface area contributed by atoms with Crippen molar-refractivity contribution in [2.75, 3.05) is 36.4 Å². The van der Waals surface area contributed by atoms with Gasteiger partial charge in [0.2, 0.25) is 11.8 Å². The van der Waals surface area contributed by atoms with Gasteiger partial charge in [-0.05, 0) is 76.6 Å². The monoisotopic (exact) mass is 399 g/mol. The molecule has 29 heavy (non-hydrogen) atoms. The number of carbonyl (C=O) groups excluding carboxylic acids is 2. The Morgan fingerprint density at radius 2 is 1.86 bits per heavy atom. The third kappa shape index (κ3) is 7.22. The number of carbonyl (C=O) groups is 2. The molecule has 0 fully saturated rings. The van der Waals surface area contributed by atoms with Gasteiger partial charge in [0.25, 0.3) is 0 Å². The molecule has 0 heterocycles. The zero-order chi connectivity index (χ0) is 21.2. The summed E-state index contributed by atoms with van der Waals surface area (Å²) in [6.07, 6.45) is 8.39. The van der Waals surface area contributed by atoms with E-state index in [0.717, 1.165) is 43.6 Å².